The molecule has 0 unspecified atom stereocenters. The lowest BCUT2D eigenvalue weighted by Crippen LogP contribution is -2.45. The highest BCUT2D eigenvalue weighted by Crippen LogP contribution is 2.13. The summed E-state index contributed by atoms with van der Waals surface area (Å²) in [6.07, 6.45) is 0. The molecule has 1 heterocycles. The Morgan fingerprint density at radius 3 is 2.74 bits per heavy atom. The summed E-state index contributed by atoms with van der Waals surface area (Å²) in [5.41, 5.74) is 2.70. The van der Waals surface area contributed by atoms with E-state index in [2.05, 4.69) is 27.5 Å². The maximum absolute atomic E-state index is 5.38. The lowest BCUT2D eigenvalue weighted by atomic mass is 10.1. The minimum Gasteiger partial charge on any atom is -0.377 e. The van der Waals surface area contributed by atoms with Gasteiger partial charge in [0.1, 0.15) is 0 Å². The highest BCUT2D eigenvalue weighted by molar-refractivity contribution is 7.09. The summed E-state index contributed by atoms with van der Waals surface area (Å²) >= 11 is 1.64. The van der Waals surface area contributed by atoms with E-state index in [1.807, 2.05) is 26.3 Å². The SMILES string of the molecule is CCNC(=NCc1scnc1C)NCC(C)(C)OC. The van der Waals surface area contributed by atoms with Crippen molar-refractivity contribution in [1.29, 1.82) is 0 Å². The summed E-state index contributed by atoms with van der Waals surface area (Å²) in [6, 6.07) is 0. The Kier molecular flexibility index (Phi) is 6.24. The van der Waals surface area contributed by atoms with Gasteiger partial charge in [0.15, 0.2) is 5.96 Å². The number of guanidine groups is 1. The van der Waals surface area contributed by atoms with Crippen molar-refractivity contribution in [3.63, 3.8) is 0 Å². The Hall–Kier alpha value is -1.14. The monoisotopic (exact) mass is 284 g/mol. The van der Waals surface area contributed by atoms with Crippen molar-refractivity contribution in [3.8, 4) is 0 Å². The van der Waals surface area contributed by atoms with Gasteiger partial charge in [0.2, 0.25) is 0 Å². The topological polar surface area (TPSA) is 58.5 Å². The second-order valence-electron chi connectivity index (χ2n) is 4.87. The van der Waals surface area contributed by atoms with E-state index in [1.165, 1.54) is 4.88 Å². The fourth-order valence-corrected chi connectivity index (χ4v) is 2.04. The van der Waals surface area contributed by atoms with Crippen molar-refractivity contribution in [3.05, 3.63) is 16.1 Å². The van der Waals surface area contributed by atoms with Crippen molar-refractivity contribution < 1.29 is 4.74 Å². The van der Waals surface area contributed by atoms with E-state index < -0.39 is 0 Å². The molecule has 2 N–H and O–H groups in total. The second kappa shape index (κ2) is 7.45. The first kappa shape index (κ1) is 15.9. The van der Waals surface area contributed by atoms with Gasteiger partial charge in [-0.2, -0.15) is 0 Å². The molecule has 1 aromatic heterocycles. The van der Waals surface area contributed by atoms with Gasteiger partial charge < -0.3 is 15.4 Å². The van der Waals surface area contributed by atoms with Crippen molar-refractivity contribution in [2.45, 2.75) is 39.8 Å². The van der Waals surface area contributed by atoms with Gasteiger partial charge in [0.25, 0.3) is 0 Å². The van der Waals surface area contributed by atoms with Gasteiger partial charge in [-0.15, -0.1) is 11.3 Å². The smallest absolute Gasteiger partial charge is 0.191 e. The molecule has 5 nitrogen and oxygen atoms in total. The van der Waals surface area contributed by atoms with Gasteiger partial charge >= 0.3 is 0 Å². The zero-order valence-corrected chi connectivity index (χ0v) is 13.2. The fourth-order valence-electron chi connectivity index (χ4n) is 1.34. The van der Waals surface area contributed by atoms with Crippen LogP contribution in [0.1, 0.15) is 31.3 Å². The van der Waals surface area contributed by atoms with E-state index in [1.54, 1.807) is 18.4 Å². The molecule has 0 aliphatic carbocycles. The summed E-state index contributed by atoms with van der Waals surface area (Å²) in [4.78, 5) is 9.99. The average Bonchev–Trinajstić information content (AvgIpc) is 2.78. The predicted molar refractivity (Wildman–Crippen MR) is 80.8 cm³/mol. The summed E-state index contributed by atoms with van der Waals surface area (Å²) in [7, 11) is 1.71. The number of aryl methyl sites for hydroxylation is 1. The second-order valence-corrected chi connectivity index (χ2v) is 5.81. The molecule has 1 aromatic rings. The predicted octanol–water partition coefficient (Wildman–Crippen LogP) is 1.93. The highest BCUT2D eigenvalue weighted by atomic mass is 32.1. The van der Waals surface area contributed by atoms with Crippen LogP contribution in [0, 0.1) is 6.92 Å². The van der Waals surface area contributed by atoms with Crippen LogP contribution in [0.15, 0.2) is 10.5 Å². The highest BCUT2D eigenvalue weighted by Gasteiger charge is 2.16. The summed E-state index contributed by atoms with van der Waals surface area (Å²) in [6.45, 7) is 10.3. The maximum atomic E-state index is 5.38. The molecular formula is C13H24N4OS. The first-order chi connectivity index (χ1) is 8.98. The van der Waals surface area contributed by atoms with Crippen LogP contribution in [-0.2, 0) is 11.3 Å². The molecule has 0 aliphatic rings. The molecule has 19 heavy (non-hydrogen) atoms. The number of aliphatic imine (C=N–C) groups is 1. The molecule has 6 heteroatoms. The number of nitrogens with zero attached hydrogens (tertiary/aromatic N) is 2. The number of hydrogen-bond donors (Lipinski definition) is 2. The zero-order valence-electron chi connectivity index (χ0n) is 12.4. The van der Waals surface area contributed by atoms with E-state index >= 15 is 0 Å². The van der Waals surface area contributed by atoms with Gasteiger partial charge in [-0.1, -0.05) is 0 Å². The Balaban J connectivity index is 2.59. The molecule has 0 saturated heterocycles. The van der Waals surface area contributed by atoms with Crippen LogP contribution in [0.3, 0.4) is 0 Å². The molecule has 0 bridgehead atoms. The molecular weight excluding hydrogens is 260 g/mol. The number of aromatic nitrogens is 1. The Morgan fingerprint density at radius 1 is 1.47 bits per heavy atom. The van der Waals surface area contributed by atoms with Crippen LogP contribution >= 0.6 is 11.3 Å². The third kappa shape index (κ3) is 5.57. The van der Waals surface area contributed by atoms with Crippen LogP contribution in [0.2, 0.25) is 0 Å². The summed E-state index contributed by atoms with van der Waals surface area (Å²) in [5, 5.41) is 6.52. The Morgan fingerprint density at radius 2 is 2.21 bits per heavy atom. The van der Waals surface area contributed by atoms with Gasteiger partial charge in [-0.05, 0) is 27.7 Å². The number of nitrogens with one attached hydrogen (secondary N) is 2. The van der Waals surface area contributed by atoms with E-state index in [0.717, 1.165) is 18.2 Å². The number of hydrogen-bond acceptors (Lipinski definition) is 4. The van der Waals surface area contributed by atoms with Gasteiger partial charge in [0, 0.05) is 25.1 Å². The molecule has 1 rings (SSSR count). The molecule has 108 valence electrons. The molecule has 0 aliphatic heterocycles. The Labute approximate surface area is 119 Å². The normalized spacial score (nSPS) is 12.6. The van der Waals surface area contributed by atoms with Crippen LogP contribution in [0.25, 0.3) is 0 Å². The zero-order chi connectivity index (χ0) is 14.3. The molecule has 0 aromatic carbocycles. The fraction of sp³-hybridized carbons (Fsp3) is 0.692. The van der Waals surface area contributed by atoms with E-state index in [4.69, 9.17) is 4.74 Å². The van der Waals surface area contributed by atoms with Crippen LogP contribution in [-0.4, -0.2) is 36.7 Å². The van der Waals surface area contributed by atoms with Crippen molar-refractivity contribution in [2.24, 2.45) is 4.99 Å². The standard InChI is InChI=1S/C13H24N4OS/c1-6-14-12(16-8-13(3,4)18-5)15-7-11-10(2)17-9-19-11/h9H,6-8H2,1-5H3,(H2,14,15,16). The summed E-state index contributed by atoms with van der Waals surface area (Å²) in [5.74, 6) is 0.806. The first-order valence-electron chi connectivity index (χ1n) is 6.45. The van der Waals surface area contributed by atoms with Crippen molar-refractivity contribution >= 4 is 17.3 Å². The van der Waals surface area contributed by atoms with Gasteiger partial charge in [-0.3, -0.25) is 0 Å². The van der Waals surface area contributed by atoms with Gasteiger partial charge in [0.05, 0.1) is 23.4 Å². The maximum Gasteiger partial charge on any atom is 0.191 e. The lowest BCUT2D eigenvalue weighted by molar-refractivity contribution is 0.0268. The third-order valence-electron chi connectivity index (χ3n) is 2.80. The molecule has 0 saturated carbocycles. The molecule has 0 radical (unpaired) electrons. The lowest BCUT2D eigenvalue weighted by Gasteiger charge is -2.24. The first-order valence-corrected chi connectivity index (χ1v) is 7.32. The molecule has 0 fully saturated rings. The van der Waals surface area contributed by atoms with Gasteiger partial charge in [-0.25, -0.2) is 9.98 Å². The number of ether oxygens (including phenoxy) is 1. The minimum atomic E-state index is -0.212. The van der Waals surface area contributed by atoms with Crippen molar-refractivity contribution in [1.82, 2.24) is 15.6 Å². The van der Waals surface area contributed by atoms with E-state index in [-0.39, 0.29) is 5.60 Å². The quantitative estimate of drug-likeness (QED) is 0.619. The molecule has 0 amide bonds. The number of thiazole rings is 1. The van der Waals surface area contributed by atoms with Crippen molar-refractivity contribution in [2.75, 3.05) is 20.2 Å². The minimum absolute atomic E-state index is 0.212. The van der Waals surface area contributed by atoms with Crippen LogP contribution in [0.5, 0.6) is 0 Å². The largest absolute Gasteiger partial charge is 0.377 e. The number of methoxy groups -OCH3 is 1. The Bertz CT molecular complexity index is 415. The third-order valence-corrected chi connectivity index (χ3v) is 3.72. The number of rotatable bonds is 6. The van der Waals surface area contributed by atoms with Crippen LogP contribution < -0.4 is 10.6 Å². The molecule has 0 spiro atoms. The average molecular weight is 284 g/mol. The molecule has 0 atom stereocenters. The summed E-state index contributed by atoms with van der Waals surface area (Å²) < 4.78 is 5.38. The van der Waals surface area contributed by atoms with E-state index in [9.17, 15) is 0 Å². The van der Waals surface area contributed by atoms with Crippen LogP contribution in [0.4, 0.5) is 0 Å². The van der Waals surface area contributed by atoms with E-state index in [0.29, 0.717) is 13.1 Å².